The van der Waals surface area contributed by atoms with Gasteiger partial charge in [0, 0.05) is 6.61 Å². The maximum atomic E-state index is 8.77. The Balaban J connectivity index is 1.98. The first-order valence-electron chi connectivity index (χ1n) is 6.64. The molecule has 1 aromatic rings. The predicted molar refractivity (Wildman–Crippen MR) is 73.0 cm³/mol. The van der Waals surface area contributed by atoms with E-state index in [4.69, 9.17) is 10.00 Å². The maximum Gasteiger partial charge on any atom is 0.0991 e. The van der Waals surface area contributed by atoms with Crippen LogP contribution in [0.15, 0.2) is 30.3 Å². The van der Waals surface area contributed by atoms with Crippen molar-refractivity contribution in [2.24, 2.45) is 0 Å². The maximum absolute atomic E-state index is 8.77. The number of benzene rings is 1. The molecule has 1 aromatic carbocycles. The third-order valence-electron chi connectivity index (χ3n) is 3.31. The summed E-state index contributed by atoms with van der Waals surface area (Å²) in [6.07, 6.45) is 6.95. The molecule has 2 rings (SSSR count). The summed E-state index contributed by atoms with van der Waals surface area (Å²) < 4.78 is 5.77. The molecule has 0 saturated heterocycles. The summed E-state index contributed by atoms with van der Waals surface area (Å²) in [6, 6.07) is 10.00. The van der Waals surface area contributed by atoms with Gasteiger partial charge in [0.25, 0.3) is 0 Å². The van der Waals surface area contributed by atoms with Crippen molar-refractivity contribution in [3.63, 3.8) is 0 Å². The van der Waals surface area contributed by atoms with E-state index in [0.29, 0.717) is 6.10 Å². The van der Waals surface area contributed by atoms with Gasteiger partial charge in [0.15, 0.2) is 0 Å². The number of rotatable bonds is 4. The molecular formula is C16H19NO. The Hall–Kier alpha value is -1.59. The van der Waals surface area contributed by atoms with Crippen LogP contribution in [0.2, 0.25) is 0 Å². The number of ether oxygens (including phenoxy) is 1. The van der Waals surface area contributed by atoms with Crippen LogP contribution in [0.4, 0.5) is 0 Å². The molecule has 0 heterocycles. The first-order valence-corrected chi connectivity index (χ1v) is 6.64. The third kappa shape index (κ3) is 3.21. The van der Waals surface area contributed by atoms with Gasteiger partial charge in [-0.2, -0.15) is 5.26 Å². The lowest BCUT2D eigenvalue weighted by Crippen LogP contribution is -2.16. The topological polar surface area (TPSA) is 33.0 Å². The molecule has 0 aromatic heterocycles. The minimum absolute atomic E-state index is 0.395. The zero-order valence-corrected chi connectivity index (χ0v) is 10.9. The summed E-state index contributed by atoms with van der Waals surface area (Å²) in [6.45, 7) is 3.01. The fourth-order valence-corrected chi connectivity index (χ4v) is 2.27. The van der Waals surface area contributed by atoms with Gasteiger partial charge in [0.1, 0.15) is 0 Å². The Labute approximate surface area is 109 Å². The highest BCUT2D eigenvalue weighted by Crippen LogP contribution is 2.28. The lowest BCUT2D eigenvalue weighted by atomic mass is 9.91. The molecule has 18 heavy (non-hydrogen) atoms. The first kappa shape index (κ1) is 12.9. The molecule has 1 aliphatic rings. The smallest absolute Gasteiger partial charge is 0.0991 e. The van der Waals surface area contributed by atoms with Crippen molar-refractivity contribution in [2.75, 3.05) is 6.61 Å². The highest BCUT2D eigenvalue weighted by atomic mass is 16.5. The van der Waals surface area contributed by atoms with Crippen molar-refractivity contribution in [3.05, 3.63) is 41.5 Å². The summed E-state index contributed by atoms with van der Waals surface area (Å²) in [5, 5.41) is 8.77. The zero-order chi connectivity index (χ0) is 12.8. The van der Waals surface area contributed by atoms with E-state index in [0.717, 1.165) is 37.9 Å². The highest BCUT2D eigenvalue weighted by molar-refractivity contribution is 5.66. The van der Waals surface area contributed by atoms with Crippen LogP contribution in [-0.2, 0) is 4.74 Å². The van der Waals surface area contributed by atoms with Gasteiger partial charge in [-0.15, -0.1) is 0 Å². The van der Waals surface area contributed by atoms with Crippen molar-refractivity contribution in [2.45, 2.75) is 38.7 Å². The van der Waals surface area contributed by atoms with Crippen LogP contribution >= 0.6 is 0 Å². The Morgan fingerprint density at radius 3 is 2.67 bits per heavy atom. The summed E-state index contributed by atoms with van der Waals surface area (Å²) >= 11 is 0. The molecule has 0 aliphatic heterocycles. The predicted octanol–water partition coefficient (Wildman–Crippen LogP) is 3.92. The van der Waals surface area contributed by atoms with Crippen molar-refractivity contribution in [3.8, 4) is 6.07 Å². The fraction of sp³-hybridized carbons (Fsp3) is 0.438. The van der Waals surface area contributed by atoms with Gasteiger partial charge in [-0.3, -0.25) is 0 Å². The molecule has 0 fully saturated rings. The van der Waals surface area contributed by atoms with Gasteiger partial charge >= 0.3 is 0 Å². The van der Waals surface area contributed by atoms with Gasteiger partial charge < -0.3 is 4.74 Å². The Bertz CT molecular complexity index is 453. The van der Waals surface area contributed by atoms with Crippen molar-refractivity contribution >= 4 is 5.57 Å². The lowest BCUT2D eigenvalue weighted by molar-refractivity contribution is 0.0489. The van der Waals surface area contributed by atoms with Crippen LogP contribution in [0.5, 0.6) is 0 Å². The van der Waals surface area contributed by atoms with Crippen LogP contribution in [0, 0.1) is 11.3 Å². The van der Waals surface area contributed by atoms with E-state index < -0.39 is 0 Å². The molecule has 1 atom stereocenters. The minimum Gasteiger partial charge on any atom is -0.378 e. The molecule has 1 unspecified atom stereocenters. The summed E-state index contributed by atoms with van der Waals surface area (Å²) in [5.41, 5.74) is 3.35. The van der Waals surface area contributed by atoms with E-state index in [1.54, 1.807) is 0 Å². The van der Waals surface area contributed by atoms with Crippen molar-refractivity contribution in [1.29, 1.82) is 5.26 Å². The van der Waals surface area contributed by atoms with E-state index in [2.05, 4.69) is 19.1 Å². The number of hydrogen-bond donors (Lipinski definition) is 0. The van der Waals surface area contributed by atoms with Crippen molar-refractivity contribution < 1.29 is 4.74 Å². The lowest BCUT2D eigenvalue weighted by Gasteiger charge is -2.22. The third-order valence-corrected chi connectivity index (χ3v) is 3.31. The Kier molecular flexibility index (Phi) is 4.55. The molecule has 0 N–H and O–H groups in total. The molecule has 0 spiro atoms. The van der Waals surface area contributed by atoms with E-state index in [9.17, 15) is 0 Å². The van der Waals surface area contributed by atoms with Gasteiger partial charge in [-0.1, -0.05) is 25.1 Å². The van der Waals surface area contributed by atoms with Gasteiger partial charge in [0.2, 0.25) is 0 Å². The summed E-state index contributed by atoms with van der Waals surface area (Å²) in [4.78, 5) is 0. The number of hydrogen-bond acceptors (Lipinski definition) is 2. The van der Waals surface area contributed by atoms with E-state index in [1.807, 2.05) is 24.3 Å². The molecule has 0 radical (unpaired) electrons. The minimum atomic E-state index is 0.395. The van der Waals surface area contributed by atoms with Gasteiger partial charge in [-0.25, -0.2) is 0 Å². The standard InChI is InChI=1S/C16H19NO/c1-2-11-18-16-9-7-15(8-10-16)14-5-3-13(12-17)4-6-14/h3-7,16H,2,8-11H2,1H3. The molecule has 2 heteroatoms. The highest BCUT2D eigenvalue weighted by Gasteiger charge is 2.15. The van der Waals surface area contributed by atoms with E-state index in [-0.39, 0.29) is 0 Å². The molecule has 0 amide bonds. The average Bonchev–Trinajstić information content (AvgIpc) is 2.46. The summed E-state index contributed by atoms with van der Waals surface area (Å²) in [5.74, 6) is 0. The largest absolute Gasteiger partial charge is 0.378 e. The Morgan fingerprint density at radius 1 is 1.33 bits per heavy atom. The average molecular weight is 241 g/mol. The van der Waals surface area contributed by atoms with Crippen molar-refractivity contribution in [1.82, 2.24) is 0 Å². The quantitative estimate of drug-likeness (QED) is 0.800. The fourth-order valence-electron chi connectivity index (χ4n) is 2.27. The number of allylic oxidation sites excluding steroid dienone is 1. The van der Waals surface area contributed by atoms with E-state index in [1.165, 1.54) is 11.1 Å². The van der Waals surface area contributed by atoms with Crippen LogP contribution in [0.1, 0.15) is 43.7 Å². The van der Waals surface area contributed by atoms with Crippen LogP contribution in [-0.4, -0.2) is 12.7 Å². The number of nitriles is 1. The zero-order valence-electron chi connectivity index (χ0n) is 10.9. The molecular weight excluding hydrogens is 222 g/mol. The monoisotopic (exact) mass is 241 g/mol. The second kappa shape index (κ2) is 6.37. The first-order chi connectivity index (χ1) is 8.83. The molecule has 0 bridgehead atoms. The molecule has 1 aliphatic carbocycles. The van der Waals surface area contributed by atoms with E-state index >= 15 is 0 Å². The van der Waals surface area contributed by atoms with Crippen LogP contribution in [0.3, 0.4) is 0 Å². The second-order valence-electron chi connectivity index (χ2n) is 4.69. The molecule has 94 valence electrons. The van der Waals surface area contributed by atoms with Crippen LogP contribution < -0.4 is 0 Å². The normalized spacial score (nSPS) is 19.1. The number of nitrogens with zero attached hydrogens (tertiary/aromatic N) is 1. The van der Waals surface area contributed by atoms with Crippen LogP contribution in [0.25, 0.3) is 5.57 Å². The molecule has 2 nitrogen and oxygen atoms in total. The molecule has 0 saturated carbocycles. The van der Waals surface area contributed by atoms with Gasteiger partial charge in [0.05, 0.1) is 17.7 Å². The van der Waals surface area contributed by atoms with Gasteiger partial charge in [-0.05, 0) is 49.0 Å². The SMILES string of the molecule is CCCOC1CC=C(c2ccc(C#N)cc2)CC1. The Morgan fingerprint density at radius 2 is 2.11 bits per heavy atom. The second-order valence-corrected chi connectivity index (χ2v) is 4.69. The summed E-state index contributed by atoms with van der Waals surface area (Å²) in [7, 11) is 0.